The molecule has 0 radical (unpaired) electrons. The van der Waals surface area contributed by atoms with Gasteiger partial charge in [0, 0.05) is 26.1 Å². The molecule has 0 bridgehead atoms. The molecule has 0 aromatic carbocycles. The average molecular weight is 252 g/mol. The van der Waals surface area contributed by atoms with E-state index < -0.39 is 0 Å². The van der Waals surface area contributed by atoms with Crippen molar-refractivity contribution in [1.82, 2.24) is 10.2 Å². The number of amides is 1. The summed E-state index contributed by atoms with van der Waals surface area (Å²) in [7, 11) is 0. The molecule has 0 atom stereocenters. The van der Waals surface area contributed by atoms with Gasteiger partial charge in [-0.2, -0.15) is 0 Å². The molecule has 3 heteroatoms. The van der Waals surface area contributed by atoms with Crippen LogP contribution in [0.4, 0.5) is 0 Å². The molecular weight excluding hydrogens is 224 g/mol. The molecule has 0 spiro atoms. The highest BCUT2D eigenvalue weighted by atomic mass is 16.2. The predicted molar refractivity (Wildman–Crippen MR) is 74.5 cm³/mol. The molecule has 0 unspecified atom stereocenters. The zero-order valence-electron chi connectivity index (χ0n) is 11.6. The fourth-order valence-corrected chi connectivity index (χ4v) is 3.19. The number of carbonyl (C=O) groups excluding carboxylic acids is 1. The van der Waals surface area contributed by atoms with Crippen LogP contribution < -0.4 is 5.32 Å². The van der Waals surface area contributed by atoms with E-state index in [4.69, 9.17) is 0 Å². The van der Waals surface area contributed by atoms with Crippen molar-refractivity contribution < 1.29 is 4.79 Å². The monoisotopic (exact) mass is 252 g/mol. The van der Waals surface area contributed by atoms with Crippen molar-refractivity contribution in [1.29, 1.82) is 0 Å². The highest BCUT2D eigenvalue weighted by molar-refractivity contribution is 5.76. The molecule has 2 fully saturated rings. The SMILES string of the molecule is O=C(CCNCC1CCCCC1)N1CCCCC1. The number of piperidine rings is 1. The zero-order chi connectivity index (χ0) is 12.6. The van der Waals surface area contributed by atoms with Crippen LogP contribution >= 0.6 is 0 Å². The minimum absolute atomic E-state index is 0.353. The van der Waals surface area contributed by atoms with E-state index >= 15 is 0 Å². The first-order chi connectivity index (χ1) is 8.86. The molecule has 0 aromatic rings. The molecule has 1 N–H and O–H groups in total. The molecule has 1 amide bonds. The van der Waals surface area contributed by atoms with E-state index in [0.717, 1.165) is 32.1 Å². The van der Waals surface area contributed by atoms with Gasteiger partial charge in [0.15, 0.2) is 0 Å². The van der Waals surface area contributed by atoms with Crippen LogP contribution in [0.5, 0.6) is 0 Å². The number of hydrogen-bond acceptors (Lipinski definition) is 2. The summed E-state index contributed by atoms with van der Waals surface area (Å²) >= 11 is 0. The molecule has 3 nitrogen and oxygen atoms in total. The Labute approximate surface area is 111 Å². The van der Waals surface area contributed by atoms with Gasteiger partial charge in [-0.15, -0.1) is 0 Å². The fraction of sp³-hybridized carbons (Fsp3) is 0.933. The normalized spacial score (nSPS) is 22.1. The fourth-order valence-electron chi connectivity index (χ4n) is 3.19. The van der Waals surface area contributed by atoms with Crippen LogP contribution in [-0.4, -0.2) is 37.0 Å². The molecule has 1 heterocycles. The lowest BCUT2D eigenvalue weighted by Crippen LogP contribution is -2.37. The minimum atomic E-state index is 0.353. The van der Waals surface area contributed by atoms with Crippen LogP contribution in [0.2, 0.25) is 0 Å². The Hall–Kier alpha value is -0.570. The summed E-state index contributed by atoms with van der Waals surface area (Å²) in [6, 6.07) is 0. The van der Waals surface area contributed by atoms with Crippen molar-refractivity contribution in [2.24, 2.45) is 5.92 Å². The van der Waals surface area contributed by atoms with E-state index in [1.165, 1.54) is 51.4 Å². The van der Waals surface area contributed by atoms with Gasteiger partial charge in [-0.25, -0.2) is 0 Å². The van der Waals surface area contributed by atoms with Crippen molar-refractivity contribution >= 4 is 5.91 Å². The molecule has 1 saturated carbocycles. The van der Waals surface area contributed by atoms with Gasteiger partial charge in [0.05, 0.1) is 0 Å². The standard InChI is InChI=1S/C15H28N2O/c18-15(17-11-5-2-6-12-17)9-10-16-13-14-7-3-1-4-8-14/h14,16H,1-13H2. The number of hydrogen-bond donors (Lipinski definition) is 1. The molecule has 1 aliphatic heterocycles. The molecular formula is C15H28N2O. The van der Waals surface area contributed by atoms with E-state index in [9.17, 15) is 4.79 Å². The topological polar surface area (TPSA) is 32.3 Å². The second kappa shape index (κ2) is 7.78. The molecule has 2 aliphatic rings. The van der Waals surface area contributed by atoms with Crippen molar-refractivity contribution in [3.05, 3.63) is 0 Å². The number of nitrogens with one attached hydrogen (secondary N) is 1. The summed E-state index contributed by atoms with van der Waals surface area (Å²) in [5.74, 6) is 1.22. The van der Waals surface area contributed by atoms with E-state index in [1.54, 1.807) is 0 Å². The zero-order valence-corrected chi connectivity index (χ0v) is 11.6. The van der Waals surface area contributed by atoms with Crippen LogP contribution in [0.25, 0.3) is 0 Å². The Bertz CT molecular complexity index is 243. The van der Waals surface area contributed by atoms with Gasteiger partial charge in [-0.3, -0.25) is 4.79 Å². The maximum Gasteiger partial charge on any atom is 0.223 e. The first-order valence-corrected chi connectivity index (χ1v) is 7.85. The highest BCUT2D eigenvalue weighted by Crippen LogP contribution is 2.22. The molecule has 1 saturated heterocycles. The van der Waals surface area contributed by atoms with Crippen molar-refractivity contribution in [2.75, 3.05) is 26.2 Å². The quantitative estimate of drug-likeness (QED) is 0.763. The summed E-state index contributed by atoms with van der Waals surface area (Å²) in [5.41, 5.74) is 0. The Balaban J connectivity index is 1.52. The Kier molecular flexibility index (Phi) is 5.98. The van der Waals surface area contributed by atoms with Gasteiger partial charge in [0.25, 0.3) is 0 Å². The molecule has 0 aromatic heterocycles. The lowest BCUT2D eigenvalue weighted by molar-refractivity contribution is -0.131. The van der Waals surface area contributed by atoms with Crippen molar-refractivity contribution in [2.45, 2.75) is 57.8 Å². The third kappa shape index (κ3) is 4.60. The lowest BCUT2D eigenvalue weighted by Gasteiger charge is -2.27. The molecule has 2 rings (SSSR count). The third-order valence-corrected chi connectivity index (χ3v) is 4.38. The first-order valence-electron chi connectivity index (χ1n) is 7.85. The summed E-state index contributed by atoms with van der Waals surface area (Å²) < 4.78 is 0. The number of carbonyl (C=O) groups is 1. The van der Waals surface area contributed by atoms with Gasteiger partial charge in [-0.05, 0) is 44.6 Å². The summed E-state index contributed by atoms with van der Waals surface area (Å²) in [4.78, 5) is 14.0. The predicted octanol–water partition coefficient (Wildman–Crippen LogP) is 2.56. The van der Waals surface area contributed by atoms with Crippen molar-refractivity contribution in [3.8, 4) is 0 Å². The van der Waals surface area contributed by atoms with Gasteiger partial charge < -0.3 is 10.2 Å². The second-order valence-corrected chi connectivity index (χ2v) is 5.90. The average Bonchev–Trinajstić information content (AvgIpc) is 2.45. The van der Waals surface area contributed by atoms with Gasteiger partial charge in [0.1, 0.15) is 0 Å². The molecule has 1 aliphatic carbocycles. The van der Waals surface area contributed by atoms with Crippen LogP contribution in [0.1, 0.15) is 57.8 Å². The van der Waals surface area contributed by atoms with Gasteiger partial charge in [0.2, 0.25) is 5.91 Å². The minimum Gasteiger partial charge on any atom is -0.343 e. The van der Waals surface area contributed by atoms with Crippen LogP contribution in [0.15, 0.2) is 0 Å². The largest absolute Gasteiger partial charge is 0.343 e. The van der Waals surface area contributed by atoms with Gasteiger partial charge in [-0.1, -0.05) is 19.3 Å². The van der Waals surface area contributed by atoms with E-state index in [0.29, 0.717) is 12.3 Å². The maximum atomic E-state index is 11.9. The van der Waals surface area contributed by atoms with E-state index in [2.05, 4.69) is 5.32 Å². The van der Waals surface area contributed by atoms with Crippen LogP contribution in [0.3, 0.4) is 0 Å². The summed E-state index contributed by atoms with van der Waals surface area (Å²) in [6.45, 7) is 3.96. The van der Waals surface area contributed by atoms with E-state index in [1.807, 2.05) is 4.90 Å². The second-order valence-electron chi connectivity index (χ2n) is 5.90. The number of nitrogens with zero attached hydrogens (tertiary/aromatic N) is 1. The maximum absolute atomic E-state index is 11.9. The number of rotatable bonds is 5. The Morgan fingerprint density at radius 1 is 1.00 bits per heavy atom. The summed E-state index contributed by atoms with van der Waals surface area (Å²) in [5, 5.41) is 3.48. The Morgan fingerprint density at radius 2 is 1.67 bits per heavy atom. The molecule has 104 valence electrons. The lowest BCUT2D eigenvalue weighted by atomic mass is 9.89. The Morgan fingerprint density at radius 3 is 2.39 bits per heavy atom. The number of likely N-dealkylation sites (tertiary alicyclic amines) is 1. The first kappa shape index (κ1) is 13.9. The van der Waals surface area contributed by atoms with E-state index in [-0.39, 0.29) is 0 Å². The van der Waals surface area contributed by atoms with Crippen LogP contribution in [0, 0.1) is 5.92 Å². The highest BCUT2D eigenvalue weighted by Gasteiger charge is 2.16. The van der Waals surface area contributed by atoms with Crippen LogP contribution in [-0.2, 0) is 4.79 Å². The summed E-state index contributed by atoms with van der Waals surface area (Å²) in [6.07, 6.45) is 11.4. The van der Waals surface area contributed by atoms with Gasteiger partial charge >= 0.3 is 0 Å². The van der Waals surface area contributed by atoms with Crippen molar-refractivity contribution in [3.63, 3.8) is 0 Å². The molecule has 18 heavy (non-hydrogen) atoms. The third-order valence-electron chi connectivity index (χ3n) is 4.38. The smallest absolute Gasteiger partial charge is 0.223 e.